The summed E-state index contributed by atoms with van der Waals surface area (Å²) < 4.78 is 6.82. The average molecular weight is 342 g/mol. The highest BCUT2D eigenvalue weighted by Gasteiger charge is 2.34. The number of anilines is 1. The van der Waals surface area contributed by atoms with Crippen LogP contribution in [0.3, 0.4) is 0 Å². The first kappa shape index (κ1) is 17.5. The molecule has 1 aliphatic carbocycles. The molecular weight excluding hydrogens is 316 g/mol. The highest BCUT2D eigenvalue weighted by Crippen LogP contribution is 2.35. The van der Waals surface area contributed by atoms with Gasteiger partial charge in [0.25, 0.3) is 0 Å². The number of methoxy groups -OCH3 is 1. The Morgan fingerprint density at radius 2 is 2.16 bits per heavy atom. The molecule has 1 saturated carbocycles. The van der Waals surface area contributed by atoms with E-state index >= 15 is 0 Å². The SMILES string of the molecule is COCCn1cc(NC(=O)N(Cc2ccccc2)[C@@H](C)C2CC2)cn1. The molecule has 0 saturated heterocycles. The van der Waals surface area contributed by atoms with Gasteiger partial charge in [0.1, 0.15) is 0 Å². The summed E-state index contributed by atoms with van der Waals surface area (Å²) in [6, 6.07) is 10.3. The number of nitrogens with one attached hydrogen (secondary N) is 1. The van der Waals surface area contributed by atoms with Crippen LogP contribution < -0.4 is 5.32 Å². The van der Waals surface area contributed by atoms with Gasteiger partial charge >= 0.3 is 6.03 Å². The van der Waals surface area contributed by atoms with Crippen LogP contribution in [0.25, 0.3) is 0 Å². The summed E-state index contributed by atoms with van der Waals surface area (Å²) in [5, 5.41) is 7.23. The van der Waals surface area contributed by atoms with Crippen LogP contribution in [0.1, 0.15) is 25.3 Å². The lowest BCUT2D eigenvalue weighted by Gasteiger charge is -2.29. The number of urea groups is 1. The summed E-state index contributed by atoms with van der Waals surface area (Å²) in [7, 11) is 1.66. The van der Waals surface area contributed by atoms with Crippen LogP contribution in [-0.2, 0) is 17.8 Å². The molecule has 1 fully saturated rings. The van der Waals surface area contributed by atoms with Crippen molar-refractivity contribution in [1.29, 1.82) is 0 Å². The number of rotatable bonds is 8. The standard InChI is InChI=1S/C19H26N4O2/c1-15(17-8-9-17)23(13-16-6-4-3-5-7-16)19(24)21-18-12-20-22(14-18)10-11-25-2/h3-7,12,14-15,17H,8-11,13H2,1-2H3,(H,21,24)/t15-/m0/s1. The van der Waals surface area contributed by atoms with E-state index < -0.39 is 0 Å². The molecule has 3 rings (SSSR count). The van der Waals surface area contributed by atoms with Crippen molar-refractivity contribution in [3.63, 3.8) is 0 Å². The maximum absolute atomic E-state index is 12.9. The zero-order chi connectivity index (χ0) is 17.6. The molecule has 0 spiro atoms. The van der Waals surface area contributed by atoms with Gasteiger partial charge in [-0.15, -0.1) is 0 Å². The van der Waals surface area contributed by atoms with Crippen molar-refractivity contribution in [1.82, 2.24) is 14.7 Å². The third kappa shape index (κ3) is 4.82. The first-order chi connectivity index (χ1) is 12.2. The number of amides is 2. The van der Waals surface area contributed by atoms with Gasteiger partial charge in [0.15, 0.2) is 0 Å². The van der Waals surface area contributed by atoms with Crippen LogP contribution in [0.2, 0.25) is 0 Å². The fourth-order valence-electron chi connectivity index (χ4n) is 2.94. The molecule has 1 heterocycles. The average Bonchev–Trinajstić information content (AvgIpc) is 3.39. The minimum absolute atomic E-state index is 0.0745. The van der Waals surface area contributed by atoms with E-state index in [0.717, 1.165) is 5.56 Å². The van der Waals surface area contributed by atoms with Crippen molar-refractivity contribution in [2.75, 3.05) is 19.0 Å². The molecule has 1 N–H and O–H groups in total. The number of carbonyl (C=O) groups excluding carboxylic acids is 1. The van der Waals surface area contributed by atoms with Crippen molar-refractivity contribution in [3.8, 4) is 0 Å². The molecule has 2 aromatic rings. The highest BCUT2D eigenvalue weighted by atomic mass is 16.5. The van der Waals surface area contributed by atoms with Gasteiger partial charge in [0.2, 0.25) is 0 Å². The van der Waals surface area contributed by atoms with Crippen LogP contribution in [0.5, 0.6) is 0 Å². The minimum Gasteiger partial charge on any atom is -0.383 e. The van der Waals surface area contributed by atoms with Crippen molar-refractivity contribution < 1.29 is 9.53 Å². The molecule has 1 aromatic heterocycles. The third-order valence-electron chi connectivity index (χ3n) is 4.66. The fourth-order valence-corrected chi connectivity index (χ4v) is 2.94. The van der Waals surface area contributed by atoms with Gasteiger partial charge in [-0.3, -0.25) is 4.68 Å². The zero-order valence-corrected chi connectivity index (χ0v) is 14.9. The number of nitrogens with zero attached hydrogens (tertiary/aromatic N) is 3. The molecule has 0 unspecified atom stereocenters. The molecule has 1 aliphatic rings. The number of benzene rings is 1. The van der Waals surface area contributed by atoms with Crippen molar-refractivity contribution in [3.05, 3.63) is 48.3 Å². The molecule has 0 bridgehead atoms. The topological polar surface area (TPSA) is 59.4 Å². The summed E-state index contributed by atoms with van der Waals surface area (Å²) in [6.45, 7) is 4.01. The fraction of sp³-hybridized carbons (Fsp3) is 0.474. The molecule has 134 valence electrons. The first-order valence-corrected chi connectivity index (χ1v) is 8.80. The lowest BCUT2D eigenvalue weighted by molar-refractivity contribution is 0.180. The second-order valence-electron chi connectivity index (χ2n) is 6.61. The normalized spacial score (nSPS) is 15.0. The zero-order valence-electron chi connectivity index (χ0n) is 14.9. The Morgan fingerprint density at radius 1 is 1.40 bits per heavy atom. The van der Waals surface area contributed by atoms with E-state index in [2.05, 4.69) is 29.5 Å². The maximum atomic E-state index is 12.9. The molecule has 0 aliphatic heterocycles. The van der Waals surface area contributed by atoms with Gasteiger partial charge < -0.3 is 15.0 Å². The molecular formula is C19H26N4O2. The van der Waals surface area contributed by atoms with Gasteiger partial charge in [-0.1, -0.05) is 30.3 Å². The quantitative estimate of drug-likeness (QED) is 0.800. The van der Waals surface area contributed by atoms with Gasteiger partial charge in [-0.2, -0.15) is 5.10 Å². The van der Waals surface area contributed by atoms with Crippen molar-refractivity contribution in [2.24, 2.45) is 5.92 Å². The molecule has 1 atom stereocenters. The van der Waals surface area contributed by atoms with Gasteiger partial charge in [-0.25, -0.2) is 4.79 Å². The smallest absolute Gasteiger partial charge is 0.322 e. The first-order valence-electron chi connectivity index (χ1n) is 8.80. The van der Waals surface area contributed by atoms with E-state index in [1.807, 2.05) is 29.3 Å². The van der Waals surface area contributed by atoms with E-state index in [0.29, 0.717) is 31.3 Å². The predicted molar refractivity (Wildman–Crippen MR) is 97.3 cm³/mol. The summed E-state index contributed by atoms with van der Waals surface area (Å²) in [5.41, 5.74) is 1.85. The largest absolute Gasteiger partial charge is 0.383 e. The second kappa shape index (κ2) is 8.16. The number of hydrogen-bond acceptors (Lipinski definition) is 3. The van der Waals surface area contributed by atoms with Crippen LogP contribution in [0, 0.1) is 5.92 Å². The maximum Gasteiger partial charge on any atom is 0.322 e. The monoisotopic (exact) mass is 342 g/mol. The summed E-state index contributed by atoms with van der Waals surface area (Å²) in [6.07, 6.45) is 5.92. The lowest BCUT2D eigenvalue weighted by atomic mass is 10.1. The number of aromatic nitrogens is 2. The van der Waals surface area contributed by atoms with Crippen LogP contribution in [0.4, 0.5) is 10.5 Å². The molecule has 1 aromatic carbocycles. The Balaban J connectivity index is 1.67. The van der Waals surface area contributed by atoms with E-state index in [1.165, 1.54) is 12.8 Å². The number of hydrogen-bond donors (Lipinski definition) is 1. The molecule has 0 radical (unpaired) electrons. The molecule has 6 nitrogen and oxygen atoms in total. The molecule has 6 heteroatoms. The number of ether oxygens (including phenoxy) is 1. The van der Waals surface area contributed by atoms with E-state index in [-0.39, 0.29) is 12.1 Å². The number of carbonyl (C=O) groups is 1. The second-order valence-corrected chi connectivity index (χ2v) is 6.61. The van der Waals surface area contributed by atoms with Crippen molar-refractivity contribution >= 4 is 11.7 Å². The Labute approximate surface area is 148 Å². The highest BCUT2D eigenvalue weighted by molar-refractivity contribution is 5.89. The van der Waals surface area contributed by atoms with Crippen LogP contribution in [-0.4, -0.2) is 40.5 Å². The summed E-state index contributed by atoms with van der Waals surface area (Å²) in [5.74, 6) is 0.610. The Hall–Kier alpha value is -2.34. The summed E-state index contributed by atoms with van der Waals surface area (Å²) in [4.78, 5) is 14.8. The Morgan fingerprint density at radius 3 is 2.84 bits per heavy atom. The lowest BCUT2D eigenvalue weighted by Crippen LogP contribution is -2.42. The molecule has 2 amide bonds. The van der Waals surface area contributed by atoms with Crippen LogP contribution >= 0.6 is 0 Å². The van der Waals surface area contributed by atoms with Crippen molar-refractivity contribution in [2.45, 2.75) is 38.9 Å². The summed E-state index contributed by atoms with van der Waals surface area (Å²) >= 11 is 0. The van der Waals surface area contributed by atoms with E-state index in [9.17, 15) is 4.79 Å². The predicted octanol–water partition coefficient (Wildman–Crippen LogP) is 3.36. The van der Waals surface area contributed by atoms with Gasteiger partial charge in [0.05, 0.1) is 25.0 Å². The minimum atomic E-state index is -0.0745. The van der Waals surface area contributed by atoms with Gasteiger partial charge in [-0.05, 0) is 31.2 Å². The Bertz CT molecular complexity index is 682. The molecule has 25 heavy (non-hydrogen) atoms. The Kier molecular flexibility index (Phi) is 5.71. The van der Waals surface area contributed by atoms with E-state index in [1.54, 1.807) is 18.0 Å². The third-order valence-corrected chi connectivity index (χ3v) is 4.66. The van der Waals surface area contributed by atoms with E-state index in [4.69, 9.17) is 4.74 Å². The van der Waals surface area contributed by atoms with Gasteiger partial charge in [0, 0.05) is 25.9 Å². The van der Waals surface area contributed by atoms with Crippen LogP contribution in [0.15, 0.2) is 42.7 Å².